The maximum absolute atomic E-state index is 5.94. The quantitative estimate of drug-likeness (QED) is 0.763. The molecule has 0 spiro atoms. The van der Waals surface area contributed by atoms with E-state index < -0.39 is 0 Å². The van der Waals surface area contributed by atoms with Gasteiger partial charge in [0.15, 0.2) is 5.96 Å². The van der Waals surface area contributed by atoms with Crippen LogP contribution in [0.5, 0.6) is 0 Å². The molecule has 15 heavy (non-hydrogen) atoms. The van der Waals surface area contributed by atoms with Crippen molar-refractivity contribution in [1.29, 1.82) is 0 Å². The number of aliphatic imine (C=N–C) groups is 1. The van der Waals surface area contributed by atoms with Gasteiger partial charge in [-0.15, -0.1) is 0 Å². The fourth-order valence-corrected chi connectivity index (χ4v) is 2.15. The maximum Gasteiger partial charge on any atom is 0.192 e. The molecule has 0 bridgehead atoms. The van der Waals surface area contributed by atoms with Crippen molar-refractivity contribution < 1.29 is 4.74 Å². The average molecular weight is 213 g/mol. The zero-order chi connectivity index (χ0) is 11.6. The molecule has 1 aliphatic heterocycles. The molecule has 0 aromatic rings. The summed E-state index contributed by atoms with van der Waals surface area (Å²) in [6, 6.07) is 0.402. The summed E-state index contributed by atoms with van der Waals surface area (Å²) in [6.07, 6.45) is 1.18. The van der Waals surface area contributed by atoms with Gasteiger partial charge < -0.3 is 15.4 Å². The van der Waals surface area contributed by atoms with Crippen LogP contribution in [0, 0.1) is 0 Å². The molecule has 1 heterocycles. The fraction of sp³-hybridized carbons (Fsp3) is 0.909. The number of guanidine groups is 1. The predicted molar refractivity (Wildman–Crippen MR) is 63.0 cm³/mol. The normalized spacial score (nSPS) is 30.2. The van der Waals surface area contributed by atoms with Crippen LogP contribution in [0.3, 0.4) is 0 Å². The first-order valence-corrected chi connectivity index (χ1v) is 5.59. The Morgan fingerprint density at radius 1 is 1.60 bits per heavy atom. The highest BCUT2D eigenvalue weighted by molar-refractivity contribution is 5.81. The van der Waals surface area contributed by atoms with E-state index in [-0.39, 0.29) is 11.6 Å². The summed E-state index contributed by atoms with van der Waals surface area (Å²) in [4.78, 5) is 6.54. The minimum absolute atomic E-state index is 0.103. The third-order valence-corrected chi connectivity index (χ3v) is 3.62. The van der Waals surface area contributed by atoms with Crippen molar-refractivity contribution >= 4 is 5.96 Å². The van der Waals surface area contributed by atoms with E-state index in [4.69, 9.17) is 10.5 Å². The number of methoxy groups -OCH3 is 1. The monoisotopic (exact) mass is 213 g/mol. The summed E-state index contributed by atoms with van der Waals surface area (Å²) in [6.45, 7) is 9.29. The number of ether oxygens (including phenoxy) is 1. The van der Waals surface area contributed by atoms with Crippen molar-refractivity contribution in [2.75, 3.05) is 13.7 Å². The van der Waals surface area contributed by atoms with Gasteiger partial charge in [-0.25, -0.2) is 0 Å². The lowest BCUT2D eigenvalue weighted by atomic mass is 9.93. The van der Waals surface area contributed by atoms with E-state index in [0.717, 1.165) is 13.0 Å². The van der Waals surface area contributed by atoms with Crippen molar-refractivity contribution in [3.8, 4) is 0 Å². The molecule has 0 radical (unpaired) electrons. The van der Waals surface area contributed by atoms with Crippen LogP contribution in [0.25, 0.3) is 0 Å². The third-order valence-electron chi connectivity index (χ3n) is 3.62. The van der Waals surface area contributed by atoms with Crippen LogP contribution in [0.2, 0.25) is 0 Å². The first-order valence-electron chi connectivity index (χ1n) is 5.59. The molecule has 88 valence electrons. The molecule has 4 nitrogen and oxygen atoms in total. The number of hydrogen-bond donors (Lipinski definition) is 1. The standard InChI is InChI=1S/C11H23N3O/c1-6-8(2)14-10(12)13-7-11(14,4)9(3)15-5/h8-9H,6-7H2,1-5H3,(H2,12,13). The number of nitrogens with zero attached hydrogens (tertiary/aromatic N) is 2. The minimum Gasteiger partial charge on any atom is -0.379 e. The van der Waals surface area contributed by atoms with E-state index in [0.29, 0.717) is 12.0 Å². The second-order valence-electron chi connectivity index (χ2n) is 4.54. The predicted octanol–water partition coefficient (Wildman–Crippen LogP) is 1.21. The average Bonchev–Trinajstić information content (AvgIpc) is 2.54. The summed E-state index contributed by atoms with van der Waals surface area (Å²) < 4.78 is 5.44. The fourth-order valence-electron chi connectivity index (χ4n) is 2.15. The zero-order valence-corrected chi connectivity index (χ0v) is 10.4. The van der Waals surface area contributed by atoms with E-state index >= 15 is 0 Å². The number of nitrogens with two attached hydrogens (primary N) is 1. The Labute approximate surface area is 92.5 Å². The summed E-state index contributed by atoms with van der Waals surface area (Å²) in [7, 11) is 1.74. The van der Waals surface area contributed by atoms with Gasteiger partial charge in [0.25, 0.3) is 0 Å². The Bertz CT molecular complexity index is 254. The summed E-state index contributed by atoms with van der Waals surface area (Å²) in [5, 5.41) is 0. The van der Waals surface area contributed by atoms with Crippen LogP contribution in [0.4, 0.5) is 0 Å². The van der Waals surface area contributed by atoms with E-state index in [1.165, 1.54) is 0 Å². The third kappa shape index (κ3) is 1.95. The maximum atomic E-state index is 5.94. The van der Waals surface area contributed by atoms with Crippen LogP contribution in [-0.4, -0.2) is 42.2 Å². The van der Waals surface area contributed by atoms with E-state index in [2.05, 4.69) is 37.6 Å². The minimum atomic E-state index is -0.103. The molecule has 3 unspecified atom stereocenters. The van der Waals surface area contributed by atoms with E-state index in [9.17, 15) is 0 Å². The molecule has 1 rings (SSSR count). The van der Waals surface area contributed by atoms with Crippen molar-refractivity contribution in [2.24, 2.45) is 10.7 Å². The van der Waals surface area contributed by atoms with Crippen molar-refractivity contribution in [3.63, 3.8) is 0 Å². The van der Waals surface area contributed by atoms with Crippen LogP contribution in [-0.2, 0) is 4.74 Å². The van der Waals surface area contributed by atoms with Gasteiger partial charge in [-0.05, 0) is 27.2 Å². The molecule has 0 aliphatic carbocycles. The Balaban J connectivity index is 2.92. The Morgan fingerprint density at radius 3 is 2.67 bits per heavy atom. The summed E-state index contributed by atoms with van der Waals surface area (Å²) >= 11 is 0. The molecular weight excluding hydrogens is 190 g/mol. The highest BCUT2D eigenvalue weighted by atomic mass is 16.5. The van der Waals surface area contributed by atoms with Gasteiger partial charge in [0.05, 0.1) is 18.2 Å². The second kappa shape index (κ2) is 4.39. The molecule has 1 aliphatic rings. The highest BCUT2D eigenvalue weighted by Crippen LogP contribution is 2.29. The molecule has 4 heteroatoms. The lowest BCUT2D eigenvalue weighted by Gasteiger charge is -2.43. The van der Waals surface area contributed by atoms with Gasteiger partial charge in [0.2, 0.25) is 0 Å². The van der Waals surface area contributed by atoms with Crippen LogP contribution in [0.1, 0.15) is 34.1 Å². The van der Waals surface area contributed by atoms with Crippen molar-refractivity contribution in [3.05, 3.63) is 0 Å². The largest absolute Gasteiger partial charge is 0.379 e. The summed E-state index contributed by atoms with van der Waals surface area (Å²) in [5.41, 5.74) is 5.84. The second-order valence-corrected chi connectivity index (χ2v) is 4.54. The number of hydrogen-bond acceptors (Lipinski definition) is 4. The zero-order valence-electron chi connectivity index (χ0n) is 10.4. The Kier molecular flexibility index (Phi) is 3.60. The smallest absolute Gasteiger partial charge is 0.192 e. The SMILES string of the molecule is CCC(C)N1C(N)=NCC1(C)C(C)OC. The molecule has 0 aromatic carbocycles. The molecule has 0 saturated carbocycles. The topological polar surface area (TPSA) is 50.8 Å². The first kappa shape index (κ1) is 12.3. The molecule has 3 atom stereocenters. The molecule has 0 fully saturated rings. The molecule has 0 aromatic heterocycles. The lowest BCUT2D eigenvalue weighted by molar-refractivity contribution is -0.00525. The lowest BCUT2D eigenvalue weighted by Crippen LogP contribution is -2.59. The van der Waals surface area contributed by atoms with Crippen LogP contribution >= 0.6 is 0 Å². The van der Waals surface area contributed by atoms with Gasteiger partial charge in [0.1, 0.15) is 0 Å². The van der Waals surface area contributed by atoms with Gasteiger partial charge in [-0.1, -0.05) is 6.92 Å². The van der Waals surface area contributed by atoms with Gasteiger partial charge in [-0.2, -0.15) is 0 Å². The van der Waals surface area contributed by atoms with Crippen molar-refractivity contribution in [2.45, 2.75) is 51.8 Å². The van der Waals surface area contributed by atoms with Gasteiger partial charge >= 0.3 is 0 Å². The summed E-state index contributed by atoms with van der Waals surface area (Å²) in [5.74, 6) is 0.649. The van der Waals surface area contributed by atoms with E-state index in [1.807, 2.05) is 0 Å². The highest BCUT2D eigenvalue weighted by Gasteiger charge is 2.44. The van der Waals surface area contributed by atoms with Gasteiger partial charge in [0, 0.05) is 13.2 Å². The van der Waals surface area contributed by atoms with Gasteiger partial charge in [-0.3, -0.25) is 4.99 Å². The first-order chi connectivity index (χ1) is 6.97. The number of rotatable bonds is 4. The molecule has 0 amide bonds. The Hall–Kier alpha value is -0.770. The molecular formula is C11H23N3O. The molecule has 0 saturated heterocycles. The Morgan fingerprint density at radius 2 is 2.20 bits per heavy atom. The van der Waals surface area contributed by atoms with Crippen LogP contribution < -0.4 is 5.73 Å². The molecule has 2 N–H and O–H groups in total. The van der Waals surface area contributed by atoms with Crippen LogP contribution in [0.15, 0.2) is 4.99 Å². The van der Waals surface area contributed by atoms with E-state index in [1.54, 1.807) is 7.11 Å². The van der Waals surface area contributed by atoms with Crippen molar-refractivity contribution in [1.82, 2.24) is 4.90 Å².